The molecule has 0 unspecified atom stereocenters. The van der Waals surface area contributed by atoms with Crippen LogP contribution in [0.15, 0.2) is 36.4 Å². The molecule has 4 nitrogen and oxygen atoms in total. The van der Waals surface area contributed by atoms with Crippen LogP contribution in [0, 0.1) is 11.8 Å². The maximum atomic E-state index is 12.6. The van der Waals surface area contributed by atoms with Crippen LogP contribution in [0.25, 0.3) is 0 Å². The monoisotopic (exact) mass is 299 g/mol. The second-order valence-corrected chi connectivity index (χ2v) is 6.15. The van der Waals surface area contributed by atoms with Gasteiger partial charge >= 0.3 is 5.97 Å². The lowest BCUT2D eigenvalue weighted by molar-refractivity contribution is -0.147. The highest BCUT2D eigenvalue weighted by atomic mass is 16.4. The van der Waals surface area contributed by atoms with E-state index in [1.54, 1.807) is 0 Å². The van der Waals surface area contributed by atoms with Gasteiger partial charge in [-0.1, -0.05) is 36.4 Å². The van der Waals surface area contributed by atoms with Crippen LogP contribution < -0.4 is 5.32 Å². The Balaban J connectivity index is 1.75. The Kier molecular flexibility index (Phi) is 4.27. The third-order valence-electron chi connectivity index (χ3n) is 4.77. The molecule has 2 aliphatic carbocycles. The number of aliphatic carboxylic acids is 1. The topological polar surface area (TPSA) is 66.4 Å². The van der Waals surface area contributed by atoms with Crippen LogP contribution in [0.4, 0.5) is 0 Å². The number of carbonyl (C=O) groups excluding carboxylic acids is 1. The van der Waals surface area contributed by atoms with Crippen LogP contribution in [0.5, 0.6) is 0 Å². The lowest BCUT2D eigenvalue weighted by Gasteiger charge is -2.30. The number of carboxylic acids is 1. The van der Waals surface area contributed by atoms with Crippen molar-refractivity contribution in [2.24, 2.45) is 11.8 Å². The van der Waals surface area contributed by atoms with Crippen LogP contribution in [-0.4, -0.2) is 17.0 Å². The van der Waals surface area contributed by atoms with Crippen molar-refractivity contribution in [2.45, 2.75) is 38.1 Å². The Labute approximate surface area is 130 Å². The Morgan fingerprint density at radius 2 is 1.82 bits per heavy atom. The van der Waals surface area contributed by atoms with Crippen LogP contribution in [0.2, 0.25) is 0 Å². The van der Waals surface area contributed by atoms with Crippen molar-refractivity contribution in [3.63, 3.8) is 0 Å². The molecule has 1 amide bonds. The van der Waals surface area contributed by atoms with Gasteiger partial charge in [-0.3, -0.25) is 9.59 Å². The highest BCUT2D eigenvalue weighted by molar-refractivity contribution is 5.85. The van der Waals surface area contributed by atoms with Gasteiger partial charge in [-0.25, -0.2) is 0 Å². The summed E-state index contributed by atoms with van der Waals surface area (Å²) in [6.07, 6.45) is 7.74. The molecule has 3 rings (SSSR count). The molecule has 116 valence electrons. The second kappa shape index (κ2) is 6.34. The van der Waals surface area contributed by atoms with Gasteiger partial charge in [0.15, 0.2) is 0 Å². The molecule has 0 spiro atoms. The van der Waals surface area contributed by atoms with Crippen molar-refractivity contribution in [3.05, 3.63) is 47.5 Å². The van der Waals surface area contributed by atoms with E-state index in [2.05, 4.69) is 17.4 Å². The van der Waals surface area contributed by atoms with E-state index in [1.807, 2.05) is 24.3 Å². The first-order chi connectivity index (χ1) is 10.7. The maximum absolute atomic E-state index is 12.6. The van der Waals surface area contributed by atoms with E-state index < -0.39 is 17.8 Å². The summed E-state index contributed by atoms with van der Waals surface area (Å²) in [5, 5.41) is 12.4. The average Bonchev–Trinajstić information content (AvgIpc) is 2.55. The molecule has 4 heteroatoms. The molecule has 1 aromatic rings. The highest BCUT2D eigenvalue weighted by Gasteiger charge is 2.35. The van der Waals surface area contributed by atoms with Gasteiger partial charge in [0.1, 0.15) is 0 Å². The number of hydrogen-bond donors (Lipinski definition) is 2. The fourth-order valence-corrected chi connectivity index (χ4v) is 3.56. The molecule has 0 aromatic heterocycles. The quantitative estimate of drug-likeness (QED) is 0.843. The number of nitrogens with one attached hydrogen (secondary N) is 1. The average molecular weight is 299 g/mol. The van der Waals surface area contributed by atoms with Crippen molar-refractivity contribution < 1.29 is 14.7 Å². The first-order valence-electron chi connectivity index (χ1n) is 7.93. The van der Waals surface area contributed by atoms with Gasteiger partial charge < -0.3 is 10.4 Å². The molecule has 0 saturated heterocycles. The van der Waals surface area contributed by atoms with Crippen LogP contribution >= 0.6 is 0 Å². The van der Waals surface area contributed by atoms with E-state index in [4.69, 9.17) is 0 Å². The summed E-state index contributed by atoms with van der Waals surface area (Å²) >= 11 is 0. The molecule has 2 aliphatic rings. The predicted octanol–water partition coefficient (Wildman–Crippen LogP) is 2.85. The molecule has 3 atom stereocenters. The number of fused-ring (bicyclic) bond motifs is 1. The Morgan fingerprint density at radius 3 is 2.59 bits per heavy atom. The predicted molar refractivity (Wildman–Crippen MR) is 83.3 cm³/mol. The number of aryl methyl sites for hydroxylation is 1. The number of carbonyl (C=O) groups is 2. The number of amides is 1. The van der Waals surface area contributed by atoms with Gasteiger partial charge in [0.2, 0.25) is 5.91 Å². The summed E-state index contributed by atoms with van der Waals surface area (Å²) in [5.41, 5.74) is 2.47. The van der Waals surface area contributed by atoms with Crippen molar-refractivity contribution in [3.8, 4) is 0 Å². The third-order valence-corrected chi connectivity index (χ3v) is 4.77. The van der Waals surface area contributed by atoms with E-state index in [1.165, 1.54) is 11.1 Å². The van der Waals surface area contributed by atoms with Crippen molar-refractivity contribution in [2.75, 3.05) is 0 Å². The van der Waals surface area contributed by atoms with Crippen LogP contribution in [0.1, 0.15) is 42.9 Å². The lowest BCUT2D eigenvalue weighted by Crippen LogP contribution is -2.41. The van der Waals surface area contributed by atoms with Crippen molar-refractivity contribution >= 4 is 11.9 Å². The minimum atomic E-state index is -0.881. The van der Waals surface area contributed by atoms with Gasteiger partial charge in [-0.2, -0.15) is 0 Å². The SMILES string of the molecule is O=C(O)[C@@H]1CC=CC[C@H]1C(=O)N[C@H]1CCCc2ccccc21. The molecule has 0 fully saturated rings. The molecule has 0 saturated carbocycles. The molecule has 1 aromatic carbocycles. The number of hydrogen-bond acceptors (Lipinski definition) is 2. The second-order valence-electron chi connectivity index (χ2n) is 6.15. The molecule has 0 heterocycles. The molecule has 0 aliphatic heterocycles. The fourth-order valence-electron chi connectivity index (χ4n) is 3.56. The van der Waals surface area contributed by atoms with E-state index >= 15 is 0 Å². The van der Waals surface area contributed by atoms with Gasteiger partial charge in [-0.05, 0) is 43.2 Å². The summed E-state index contributed by atoms with van der Waals surface area (Å²) in [6, 6.07) is 8.20. The zero-order chi connectivity index (χ0) is 15.5. The van der Waals surface area contributed by atoms with Crippen LogP contribution in [0.3, 0.4) is 0 Å². The highest BCUT2D eigenvalue weighted by Crippen LogP contribution is 2.31. The van der Waals surface area contributed by atoms with E-state index in [0.29, 0.717) is 12.8 Å². The summed E-state index contributed by atoms with van der Waals surface area (Å²) in [4.78, 5) is 23.9. The van der Waals surface area contributed by atoms with E-state index in [-0.39, 0.29) is 11.9 Å². The maximum Gasteiger partial charge on any atom is 0.307 e. The number of rotatable bonds is 3. The number of benzene rings is 1. The zero-order valence-corrected chi connectivity index (χ0v) is 12.5. The van der Waals surface area contributed by atoms with E-state index in [0.717, 1.165) is 19.3 Å². The zero-order valence-electron chi connectivity index (χ0n) is 12.5. The summed E-state index contributed by atoms with van der Waals surface area (Å²) < 4.78 is 0. The normalized spacial score (nSPS) is 27.0. The lowest BCUT2D eigenvalue weighted by atomic mass is 9.81. The third kappa shape index (κ3) is 2.91. The first-order valence-corrected chi connectivity index (χ1v) is 7.93. The Morgan fingerprint density at radius 1 is 1.09 bits per heavy atom. The number of carboxylic acid groups (broad SMARTS) is 1. The summed E-state index contributed by atoms with van der Waals surface area (Å²) in [5.74, 6) is -2.08. The summed E-state index contributed by atoms with van der Waals surface area (Å²) in [6.45, 7) is 0. The minimum absolute atomic E-state index is 0.0119. The molecule has 0 radical (unpaired) electrons. The molecule has 2 N–H and O–H groups in total. The van der Waals surface area contributed by atoms with Gasteiger partial charge in [0, 0.05) is 0 Å². The van der Waals surface area contributed by atoms with Gasteiger partial charge in [0.25, 0.3) is 0 Å². The van der Waals surface area contributed by atoms with Gasteiger partial charge in [-0.15, -0.1) is 0 Å². The standard InChI is InChI=1S/C18H21NO3/c20-17(14-9-3-4-10-15(14)18(21)22)19-16-11-5-7-12-6-1-2-8-13(12)16/h1-4,6,8,14-16H,5,7,9-11H2,(H,19,20)(H,21,22)/t14-,15-,16+/m1/s1. The van der Waals surface area contributed by atoms with Crippen molar-refractivity contribution in [1.82, 2.24) is 5.32 Å². The van der Waals surface area contributed by atoms with Crippen molar-refractivity contribution in [1.29, 1.82) is 0 Å². The van der Waals surface area contributed by atoms with E-state index in [9.17, 15) is 14.7 Å². The number of allylic oxidation sites excluding steroid dienone is 2. The largest absolute Gasteiger partial charge is 0.481 e. The Hall–Kier alpha value is -2.10. The minimum Gasteiger partial charge on any atom is -0.481 e. The van der Waals surface area contributed by atoms with Gasteiger partial charge in [0.05, 0.1) is 17.9 Å². The molecular weight excluding hydrogens is 278 g/mol. The smallest absolute Gasteiger partial charge is 0.307 e. The molecule has 22 heavy (non-hydrogen) atoms. The molecular formula is C18H21NO3. The Bertz CT molecular complexity index is 608. The molecule has 0 bridgehead atoms. The summed E-state index contributed by atoms with van der Waals surface area (Å²) in [7, 11) is 0. The fraction of sp³-hybridized carbons (Fsp3) is 0.444. The first kappa shape index (κ1) is 14.8. The van der Waals surface area contributed by atoms with Crippen LogP contribution in [-0.2, 0) is 16.0 Å².